The summed E-state index contributed by atoms with van der Waals surface area (Å²) in [6.45, 7) is 4.40. The van der Waals surface area contributed by atoms with Crippen molar-refractivity contribution in [2.24, 2.45) is 0 Å². The first-order chi connectivity index (χ1) is 20.5. The maximum absolute atomic E-state index is 14.7. The Balaban J connectivity index is 1.16. The van der Waals surface area contributed by atoms with E-state index in [9.17, 15) is 13.6 Å². The maximum atomic E-state index is 14.7. The van der Waals surface area contributed by atoms with E-state index in [1.54, 1.807) is 18.6 Å². The molecule has 4 heterocycles. The number of aromatic amines is 1. The summed E-state index contributed by atoms with van der Waals surface area (Å²) >= 11 is 0. The number of amides is 1. The zero-order chi connectivity index (χ0) is 29.3. The highest BCUT2D eigenvalue weighted by molar-refractivity contribution is 5.94. The average molecular weight is 580 g/mol. The second kappa shape index (κ2) is 14.2. The van der Waals surface area contributed by atoms with Crippen LogP contribution in [0.5, 0.6) is 0 Å². The third-order valence-electron chi connectivity index (χ3n) is 7.22. The van der Waals surface area contributed by atoms with E-state index < -0.39 is 11.6 Å². The molecule has 222 valence electrons. The molecule has 0 aliphatic heterocycles. The van der Waals surface area contributed by atoms with Crippen LogP contribution in [0.3, 0.4) is 0 Å². The standard InChI is InChI=1S/C30H35F2N7O3/c1-2-41-9-10-42-8-4-5-19-11-20(15-33-14-19)30(40)38-23-7-3-6-22(13-23)37-29-26(32)18-36-28(39-29)25-17-35-27-24(25)12-21(31)16-34-27/h11-12,14-18,22-23H,2-10,13H2,1H3,(H,34,35)(H,38,40)(H,36,37,39)/t22-,23+/m1/s1. The fourth-order valence-corrected chi connectivity index (χ4v) is 5.17. The molecule has 1 saturated carbocycles. The molecular weight excluding hydrogens is 544 g/mol. The Morgan fingerprint density at radius 3 is 2.79 bits per heavy atom. The Kier molecular flexibility index (Phi) is 9.98. The van der Waals surface area contributed by atoms with Crippen molar-refractivity contribution in [2.75, 3.05) is 31.7 Å². The van der Waals surface area contributed by atoms with Crippen molar-refractivity contribution in [2.45, 2.75) is 57.5 Å². The molecule has 10 nitrogen and oxygen atoms in total. The molecule has 5 rings (SSSR count). The molecule has 0 saturated heterocycles. The lowest BCUT2D eigenvalue weighted by Gasteiger charge is -2.30. The van der Waals surface area contributed by atoms with Gasteiger partial charge >= 0.3 is 0 Å². The Labute approximate surface area is 242 Å². The Morgan fingerprint density at radius 1 is 1.05 bits per heavy atom. The lowest BCUT2D eigenvalue weighted by molar-refractivity contribution is 0.0520. The predicted octanol–water partition coefficient (Wildman–Crippen LogP) is 4.83. The number of halogens is 2. The highest BCUT2D eigenvalue weighted by Gasteiger charge is 2.25. The minimum atomic E-state index is -0.586. The lowest BCUT2D eigenvalue weighted by Crippen LogP contribution is -2.42. The summed E-state index contributed by atoms with van der Waals surface area (Å²) in [5.41, 5.74) is 2.50. The van der Waals surface area contributed by atoms with Gasteiger partial charge in [0.05, 0.1) is 31.2 Å². The second-order valence-corrected chi connectivity index (χ2v) is 10.3. The number of carbonyl (C=O) groups is 1. The number of nitrogens with zero attached hydrogens (tertiary/aromatic N) is 4. The SMILES string of the molecule is CCOCCOCCCc1cncc(C(=O)N[C@H]2CCC[C@@H](Nc3nc(-c4c[nH]c5ncc(F)cc45)ncc3F)C2)c1. The minimum absolute atomic E-state index is 0.0643. The maximum Gasteiger partial charge on any atom is 0.253 e. The zero-order valence-electron chi connectivity index (χ0n) is 23.5. The van der Waals surface area contributed by atoms with E-state index in [0.29, 0.717) is 55.0 Å². The topological polar surface area (TPSA) is 127 Å². The predicted molar refractivity (Wildman–Crippen MR) is 154 cm³/mol. The van der Waals surface area contributed by atoms with E-state index in [-0.39, 0.29) is 29.6 Å². The number of hydrogen-bond acceptors (Lipinski definition) is 8. The monoisotopic (exact) mass is 579 g/mol. The van der Waals surface area contributed by atoms with Crippen LogP contribution >= 0.6 is 0 Å². The van der Waals surface area contributed by atoms with E-state index in [0.717, 1.165) is 50.1 Å². The normalized spacial score (nSPS) is 16.9. The third-order valence-corrected chi connectivity index (χ3v) is 7.22. The van der Waals surface area contributed by atoms with Crippen molar-refractivity contribution in [1.29, 1.82) is 0 Å². The third kappa shape index (κ3) is 7.62. The number of anilines is 1. The number of carbonyl (C=O) groups excluding carboxylic acids is 1. The molecule has 1 fully saturated rings. The number of ether oxygens (including phenoxy) is 2. The van der Waals surface area contributed by atoms with Crippen LogP contribution in [0.2, 0.25) is 0 Å². The molecule has 3 N–H and O–H groups in total. The fourth-order valence-electron chi connectivity index (χ4n) is 5.17. The van der Waals surface area contributed by atoms with Gasteiger partial charge in [-0.15, -0.1) is 0 Å². The van der Waals surface area contributed by atoms with Crippen molar-refractivity contribution in [3.8, 4) is 11.4 Å². The summed E-state index contributed by atoms with van der Waals surface area (Å²) in [6.07, 6.45) is 11.9. The number of hydrogen-bond donors (Lipinski definition) is 3. The summed E-state index contributed by atoms with van der Waals surface area (Å²) in [7, 11) is 0. The Bertz CT molecular complexity index is 1500. The van der Waals surface area contributed by atoms with E-state index >= 15 is 0 Å². The largest absolute Gasteiger partial charge is 0.379 e. The summed E-state index contributed by atoms with van der Waals surface area (Å²) in [5, 5.41) is 6.83. The van der Waals surface area contributed by atoms with Gasteiger partial charge in [-0.2, -0.15) is 0 Å². The van der Waals surface area contributed by atoms with Crippen molar-refractivity contribution >= 4 is 22.8 Å². The first-order valence-electron chi connectivity index (χ1n) is 14.3. The first-order valence-corrected chi connectivity index (χ1v) is 14.3. The molecule has 42 heavy (non-hydrogen) atoms. The number of H-pyrrole nitrogens is 1. The number of aryl methyl sites for hydroxylation is 1. The van der Waals surface area contributed by atoms with Gasteiger partial charge in [-0.1, -0.05) is 0 Å². The lowest BCUT2D eigenvalue weighted by atomic mass is 9.90. The highest BCUT2D eigenvalue weighted by Crippen LogP contribution is 2.28. The van der Waals surface area contributed by atoms with Gasteiger partial charge in [-0.25, -0.2) is 23.7 Å². The average Bonchev–Trinajstić information content (AvgIpc) is 3.41. The fraction of sp³-hybridized carbons (Fsp3) is 0.433. The number of rotatable bonds is 13. The molecule has 1 amide bonds. The van der Waals surface area contributed by atoms with E-state index in [1.165, 1.54) is 6.07 Å². The van der Waals surface area contributed by atoms with Gasteiger partial charge in [-0.05, 0) is 63.1 Å². The smallest absolute Gasteiger partial charge is 0.253 e. The van der Waals surface area contributed by atoms with Crippen LogP contribution in [0.15, 0.2) is 43.1 Å². The molecule has 2 atom stereocenters. The van der Waals surface area contributed by atoms with Crippen LogP contribution in [0.1, 0.15) is 54.9 Å². The second-order valence-electron chi connectivity index (χ2n) is 10.3. The quantitative estimate of drug-likeness (QED) is 0.192. The van der Waals surface area contributed by atoms with Gasteiger partial charge in [0.2, 0.25) is 0 Å². The number of pyridine rings is 2. The zero-order valence-corrected chi connectivity index (χ0v) is 23.5. The van der Waals surface area contributed by atoms with Crippen LogP contribution in [0, 0.1) is 11.6 Å². The van der Waals surface area contributed by atoms with Gasteiger partial charge < -0.3 is 25.1 Å². The molecule has 1 aliphatic rings. The number of nitrogens with one attached hydrogen (secondary N) is 3. The van der Waals surface area contributed by atoms with Gasteiger partial charge in [-0.3, -0.25) is 9.78 Å². The Morgan fingerprint density at radius 2 is 1.90 bits per heavy atom. The summed E-state index contributed by atoms with van der Waals surface area (Å²) in [5.74, 6) is -0.937. The summed E-state index contributed by atoms with van der Waals surface area (Å²) in [4.78, 5) is 32.8. The van der Waals surface area contributed by atoms with Crippen LogP contribution in [0.4, 0.5) is 14.6 Å². The molecule has 0 radical (unpaired) electrons. The molecule has 12 heteroatoms. The number of fused-ring (bicyclic) bond motifs is 1. The van der Waals surface area contributed by atoms with Gasteiger partial charge in [0.1, 0.15) is 11.5 Å². The van der Waals surface area contributed by atoms with Crippen molar-refractivity contribution in [1.82, 2.24) is 30.2 Å². The molecule has 4 aromatic rings. The van der Waals surface area contributed by atoms with E-state index in [1.807, 2.05) is 13.0 Å². The molecule has 4 aromatic heterocycles. The number of aromatic nitrogens is 5. The highest BCUT2D eigenvalue weighted by atomic mass is 19.1. The van der Waals surface area contributed by atoms with Gasteiger partial charge in [0.15, 0.2) is 17.5 Å². The van der Waals surface area contributed by atoms with Gasteiger partial charge in [0, 0.05) is 54.8 Å². The summed E-state index contributed by atoms with van der Waals surface area (Å²) < 4.78 is 39.3. The first kappa shape index (κ1) is 29.5. The molecule has 0 unspecified atom stereocenters. The molecule has 0 bridgehead atoms. The van der Waals surface area contributed by atoms with Crippen LogP contribution in [-0.4, -0.2) is 69.3 Å². The van der Waals surface area contributed by atoms with Gasteiger partial charge in [0.25, 0.3) is 5.91 Å². The minimum Gasteiger partial charge on any atom is -0.379 e. The molecule has 1 aliphatic carbocycles. The van der Waals surface area contributed by atoms with Crippen LogP contribution < -0.4 is 10.6 Å². The summed E-state index contributed by atoms with van der Waals surface area (Å²) in [6, 6.07) is 3.02. The van der Waals surface area contributed by atoms with Crippen molar-refractivity contribution < 1.29 is 23.0 Å². The van der Waals surface area contributed by atoms with Crippen molar-refractivity contribution in [3.63, 3.8) is 0 Å². The van der Waals surface area contributed by atoms with Crippen LogP contribution in [-0.2, 0) is 15.9 Å². The van der Waals surface area contributed by atoms with E-state index in [4.69, 9.17) is 9.47 Å². The van der Waals surface area contributed by atoms with Crippen molar-refractivity contribution in [3.05, 3.63) is 65.9 Å². The Hall–Kier alpha value is -4.03. The molecule has 0 aromatic carbocycles. The van der Waals surface area contributed by atoms with E-state index in [2.05, 4.69) is 35.6 Å². The molecular formula is C30H35F2N7O3. The van der Waals surface area contributed by atoms with Crippen LogP contribution in [0.25, 0.3) is 22.4 Å². The molecule has 0 spiro atoms.